The quantitative estimate of drug-likeness (QED) is 0.530. The Kier molecular flexibility index (Phi) is 3.02. The molecule has 2 aromatic rings. The van der Waals surface area contributed by atoms with Crippen LogP contribution in [-0.4, -0.2) is 10.8 Å². The van der Waals surface area contributed by atoms with Gasteiger partial charge >= 0.3 is 0 Å². The van der Waals surface area contributed by atoms with Gasteiger partial charge in [0, 0.05) is 11.8 Å². The third-order valence-corrected chi connectivity index (χ3v) is 6.30. The van der Waals surface area contributed by atoms with Crippen LogP contribution in [0.1, 0.15) is 34.1 Å². The highest BCUT2D eigenvalue weighted by molar-refractivity contribution is 6.42. The van der Waals surface area contributed by atoms with Gasteiger partial charge in [0.05, 0.1) is 20.8 Å². The molecule has 0 spiro atoms. The zero-order valence-electron chi connectivity index (χ0n) is 10.3. The Balaban J connectivity index is 2.05. The Hall–Kier alpha value is -0.400. The molecule has 4 heteroatoms. The molecule has 0 nitrogen and oxygen atoms in total. The van der Waals surface area contributed by atoms with E-state index in [-0.39, 0.29) is 22.6 Å². The smallest absolute Gasteiger partial charge is 0.0618 e. The van der Waals surface area contributed by atoms with Gasteiger partial charge in [-0.05, 0) is 34.4 Å². The van der Waals surface area contributed by atoms with Gasteiger partial charge in [-0.1, -0.05) is 47.5 Å². The zero-order valence-corrected chi connectivity index (χ0v) is 13.3. The molecular weight excluding hydrogens is 334 g/mol. The van der Waals surface area contributed by atoms with Crippen LogP contribution in [0, 0.1) is 0 Å². The summed E-state index contributed by atoms with van der Waals surface area (Å²) in [6, 6.07) is 12.3. The molecule has 0 saturated heterocycles. The number of hydrogen-bond donors (Lipinski definition) is 0. The van der Waals surface area contributed by atoms with E-state index in [0.29, 0.717) is 10.0 Å². The first kappa shape index (κ1) is 13.3. The maximum absolute atomic E-state index is 6.60. The Bertz CT molecular complexity index is 650. The fourth-order valence-electron chi connectivity index (χ4n) is 3.58. The van der Waals surface area contributed by atoms with Crippen LogP contribution in [0.15, 0.2) is 36.4 Å². The molecular formula is C16H10Cl4. The number of fused-ring (bicyclic) bond motifs is 1. The van der Waals surface area contributed by atoms with Crippen LogP contribution in [0.4, 0.5) is 0 Å². The summed E-state index contributed by atoms with van der Waals surface area (Å²) in [6.45, 7) is 0. The van der Waals surface area contributed by atoms with E-state index >= 15 is 0 Å². The molecule has 102 valence electrons. The van der Waals surface area contributed by atoms with Crippen molar-refractivity contribution in [3.05, 3.63) is 68.7 Å². The largest absolute Gasteiger partial charge is 0.120 e. The molecule has 4 atom stereocenters. The molecule has 0 heterocycles. The summed E-state index contributed by atoms with van der Waals surface area (Å²) < 4.78 is 0. The van der Waals surface area contributed by atoms with E-state index in [0.717, 1.165) is 0 Å². The summed E-state index contributed by atoms with van der Waals surface area (Å²) in [6.07, 6.45) is 0. The second-order valence-corrected chi connectivity index (χ2v) is 7.19. The van der Waals surface area contributed by atoms with Crippen molar-refractivity contribution < 1.29 is 0 Å². The van der Waals surface area contributed by atoms with Crippen LogP contribution in [0.5, 0.6) is 0 Å². The number of benzene rings is 2. The maximum atomic E-state index is 6.60. The molecule has 3 aliphatic carbocycles. The minimum atomic E-state index is -0.124. The number of halogens is 4. The van der Waals surface area contributed by atoms with Crippen LogP contribution < -0.4 is 0 Å². The number of rotatable bonds is 0. The number of alkyl halides is 2. The van der Waals surface area contributed by atoms with Gasteiger partial charge in [-0.25, -0.2) is 0 Å². The van der Waals surface area contributed by atoms with Gasteiger partial charge in [0.2, 0.25) is 0 Å². The van der Waals surface area contributed by atoms with Gasteiger partial charge < -0.3 is 0 Å². The lowest BCUT2D eigenvalue weighted by Gasteiger charge is -2.46. The van der Waals surface area contributed by atoms with E-state index in [9.17, 15) is 0 Å². The zero-order chi connectivity index (χ0) is 14.0. The molecule has 0 aliphatic heterocycles. The molecule has 0 N–H and O–H groups in total. The minimum absolute atomic E-state index is 0.0881. The Morgan fingerprint density at radius 2 is 1.05 bits per heavy atom. The van der Waals surface area contributed by atoms with Gasteiger partial charge in [0.25, 0.3) is 0 Å². The third-order valence-electron chi connectivity index (χ3n) is 4.40. The average Bonchev–Trinajstić information content (AvgIpc) is 2.44. The second kappa shape index (κ2) is 4.55. The summed E-state index contributed by atoms with van der Waals surface area (Å²) in [5, 5.41) is 0.901. The molecule has 0 amide bonds. The third kappa shape index (κ3) is 1.63. The monoisotopic (exact) mass is 342 g/mol. The van der Waals surface area contributed by atoms with Gasteiger partial charge in [0.15, 0.2) is 0 Å². The predicted molar refractivity (Wildman–Crippen MR) is 85.9 cm³/mol. The SMILES string of the molecule is Clc1cc2c(cc1Cl)[C@H]1c3ccccc3[C@@H]2[C@@H](Cl)[C@H]1Cl. The van der Waals surface area contributed by atoms with Crippen molar-refractivity contribution >= 4 is 46.4 Å². The molecule has 0 radical (unpaired) electrons. The first-order valence-electron chi connectivity index (χ1n) is 6.45. The molecule has 3 aliphatic rings. The Morgan fingerprint density at radius 3 is 1.45 bits per heavy atom. The van der Waals surface area contributed by atoms with Gasteiger partial charge in [-0.15, -0.1) is 23.2 Å². The summed E-state index contributed by atoms with van der Waals surface area (Å²) in [7, 11) is 0. The average molecular weight is 344 g/mol. The normalized spacial score (nSPS) is 30.0. The van der Waals surface area contributed by atoms with E-state index in [1.807, 2.05) is 24.3 Å². The van der Waals surface area contributed by atoms with Gasteiger partial charge in [0.1, 0.15) is 0 Å². The highest BCUT2D eigenvalue weighted by Gasteiger charge is 2.48. The topological polar surface area (TPSA) is 0 Å². The van der Waals surface area contributed by atoms with Crippen molar-refractivity contribution in [3.8, 4) is 0 Å². The summed E-state index contributed by atoms with van der Waals surface area (Å²) in [4.78, 5) is 0. The van der Waals surface area contributed by atoms with Gasteiger partial charge in [-0.2, -0.15) is 0 Å². The van der Waals surface area contributed by atoms with Crippen molar-refractivity contribution in [1.82, 2.24) is 0 Å². The van der Waals surface area contributed by atoms with Crippen molar-refractivity contribution in [2.75, 3.05) is 0 Å². The lowest BCUT2D eigenvalue weighted by molar-refractivity contribution is 0.535. The summed E-state index contributed by atoms with van der Waals surface area (Å²) >= 11 is 25.6. The first-order valence-corrected chi connectivity index (χ1v) is 8.08. The predicted octanol–water partition coefficient (Wildman–Crippen LogP) is 5.80. The summed E-state index contributed by atoms with van der Waals surface area (Å²) in [5.74, 6) is 0.176. The van der Waals surface area contributed by atoms with Gasteiger partial charge in [-0.3, -0.25) is 0 Å². The molecule has 2 aromatic carbocycles. The lowest BCUT2D eigenvalue weighted by Crippen LogP contribution is -2.41. The molecule has 0 saturated carbocycles. The van der Waals surface area contributed by atoms with Crippen LogP contribution >= 0.6 is 46.4 Å². The van der Waals surface area contributed by atoms with Crippen molar-refractivity contribution in [2.24, 2.45) is 0 Å². The molecule has 0 fully saturated rings. The molecule has 0 unspecified atom stereocenters. The van der Waals surface area contributed by atoms with Crippen molar-refractivity contribution in [3.63, 3.8) is 0 Å². The van der Waals surface area contributed by atoms with E-state index in [1.165, 1.54) is 22.3 Å². The Labute approximate surface area is 137 Å². The van der Waals surface area contributed by atoms with Crippen LogP contribution in [0.25, 0.3) is 0 Å². The summed E-state index contributed by atoms with van der Waals surface area (Å²) in [5.41, 5.74) is 4.86. The highest BCUT2D eigenvalue weighted by Crippen LogP contribution is 2.57. The molecule has 5 rings (SSSR count). The van der Waals surface area contributed by atoms with E-state index < -0.39 is 0 Å². The van der Waals surface area contributed by atoms with Crippen LogP contribution in [0.2, 0.25) is 10.0 Å². The second-order valence-electron chi connectivity index (χ2n) is 5.37. The van der Waals surface area contributed by atoms with Crippen molar-refractivity contribution in [1.29, 1.82) is 0 Å². The fourth-order valence-corrected chi connectivity index (χ4v) is 4.76. The van der Waals surface area contributed by atoms with E-state index in [2.05, 4.69) is 12.1 Å². The van der Waals surface area contributed by atoms with E-state index in [1.54, 1.807) is 0 Å². The fraction of sp³-hybridized carbons (Fsp3) is 0.250. The van der Waals surface area contributed by atoms with Crippen molar-refractivity contribution in [2.45, 2.75) is 22.6 Å². The lowest BCUT2D eigenvalue weighted by atomic mass is 9.63. The van der Waals surface area contributed by atoms with E-state index in [4.69, 9.17) is 46.4 Å². The highest BCUT2D eigenvalue weighted by atomic mass is 35.5. The van der Waals surface area contributed by atoms with Crippen LogP contribution in [-0.2, 0) is 0 Å². The molecule has 2 bridgehead atoms. The molecule has 0 aromatic heterocycles. The minimum Gasteiger partial charge on any atom is -0.120 e. The molecule has 20 heavy (non-hydrogen) atoms. The standard InChI is InChI=1S/C16H10Cl4/c17-11-5-9-10(6-12(11)18)14-8-4-2-1-3-7(8)13(9)15(19)16(14)20/h1-6,13-16H/t13-,14+,15+,16-. The number of hydrogen-bond acceptors (Lipinski definition) is 0. The Morgan fingerprint density at radius 1 is 0.650 bits per heavy atom. The first-order chi connectivity index (χ1) is 9.59. The van der Waals surface area contributed by atoms with Crippen LogP contribution in [0.3, 0.4) is 0 Å². The maximum Gasteiger partial charge on any atom is 0.0618 e.